The summed E-state index contributed by atoms with van der Waals surface area (Å²) >= 11 is 0. The fraction of sp³-hybridized carbons (Fsp3) is 0.938. The van der Waals surface area contributed by atoms with E-state index in [0.29, 0.717) is 17.9 Å². The van der Waals surface area contributed by atoms with E-state index in [-0.39, 0.29) is 12.4 Å². The van der Waals surface area contributed by atoms with Gasteiger partial charge in [0, 0.05) is 31.6 Å². The molecule has 0 aromatic carbocycles. The Morgan fingerprint density at radius 1 is 1.05 bits per heavy atom. The van der Waals surface area contributed by atoms with Gasteiger partial charge in [0.1, 0.15) is 0 Å². The lowest BCUT2D eigenvalue weighted by Gasteiger charge is -2.55. The normalized spacial score (nSPS) is 46.1. The summed E-state index contributed by atoms with van der Waals surface area (Å²) in [5.74, 6) is 4.27. The van der Waals surface area contributed by atoms with Crippen molar-refractivity contribution in [1.29, 1.82) is 0 Å². The van der Waals surface area contributed by atoms with Crippen LogP contribution in [-0.4, -0.2) is 36.5 Å². The fourth-order valence-electron chi connectivity index (χ4n) is 5.69. The van der Waals surface area contributed by atoms with E-state index in [9.17, 15) is 4.79 Å². The third-order valence-corrected chi connectivity index (χ3v) is 6.30. The molecule has 1 amide bonds. The lowest BCUT2D eigenvalue weighted by molar-refractivity contribution is -0.151. The van der Waals surface area contributed by atoms with Gasteiger partial charge in [-0.2, -0.15) is 0 Å². The van der Waals surface area contributed by atoms with Crippen molar-refractivity contribution in [2.75, 3.05) is 19.6 Å². The lowest BCUT2D eigenvalue weighted by Crippen LogP contribution is -2.58. The summed E-state index contributed by atoms with van der Waals surface area (Å²) in [6, 6.07) is 0.387. The van der Waals surface area contributed by atoms with E-state index in [1.54, 1.807) is 0 Å². The molecule has 0 aromatic heterocycles. The molecule has 1 aliphatic heterocycles. The van der Waals surface area contributed by atoms with Gasteiger partial charge in [-0.05, 0) is 62.7 Å². The highest BCUT2D eigenvalue weighted by Crippen LogP contribution is 2.56. The minimum Gasteiger partial charge on any atom is -0.337 e. The molecule has 1 N–H and O–H groups in total. The number of hydrogen-bond donors (Lipinski definition) is 1. The molecule has 4 saturated carbocycles. The summed E-state index contributed by atoms with van der Waals surface area (Å²) in [5.41, 5.74) is 0. The molecule has 3 nitrogen and oxygen atoms in total. The van der Waals surface area contributed by atoms with E-state index in [0.717, 1.165) is 43.3 Å². The molecule has 5 fully saturated rings. The minimum atomic E-state index is 0. The van der Waals surface area contributed by atoms with Gasteiger partial charge in [-0.25, -0.2) is 0 Å². The quantitative estimate of drug-likeness (QED) is 0.806. The van der Waals surface area contributed by atoms with Gasteiger partial charge in [0.15, 0.2) is 0 Å². The molecule has 1 saturated heterocycles. The number of rotatable bonds is 1. The van der Waals surface area contributed by atoms with Crippen molar-refractivity contribution in [3.63, 3.8) is 0 Å². The first-order valence-corrected chi connectivity index (χ1v) is 8.23. The van der Waals surface area contributed by atoms with E-state index in [1.807, 2.05) is 0 Å². The molecule has 5 aliphatic rings. The molecule has 4 aliphatic carbocycles. The summed E-state index contributed by atoms with van der Waals surface area (Å²) in [6.45, 7) is 5.06. The summed E-state index contributed by atoms with van der Waals surface area (Å²) < 4.78 is 0. The van der Waals surface area contributed by atoms with Crippen LogP contribution in [0.5, 0.6) is 0 Å². The van der Waals surface area contributed by atoms with Crippen molar-refractivity contribution in [3.8, 4) is 0 Å². The average molecular weight is 299 g/mol. The van der Waals surface area contributed by atoms with Crippen LogP contribution in [0.1, 0.15) is 39.0 Å². The van der Waals surface area contributed by atoms with Crippen LogP contribution in [0.15, 0.2) is 0 Å². The van der Waals surface area contributed by atoms with Crippen molar-refractivity contribution < 1.29 is 4.79 Å². The smallest absolute Gasteiger partial charge is 0.226 e. The second kappa shape index (κ2) is 5.49. The summed E-state index contributed by atoms with van der Waals surface area (Å²) in [6.07, 6.45) is 6.87. The highest BCUT2D eigenvalue weighted by molar-refractivity contribution is 5.85. The number of carbonyl (C=O) groups is 1. The van der Waals surface area contributed by atoms with Crippen molar-refractivity contribution in [2.45, 2.75) is 45.1 Å². The van der Waals surface area contributed by atoms with E-state index >= 15 is 0 Å². The molecular formula is C16H27ClN2O. The maximum Gasteiger partial charge on any atom is 0.226 e. The topological polar surface area (TPSA) is 32.3 Å². The van der Waals surface area contributed by atoms with E-state index in [4.69, 9.17) is 0 Å². The molecule has 20 heavy (non-hydrogen) atoms. The van der Waals surface area contributed by atoms with E-state index in [2.05, 4.69) is 17.1 Å². The Bertz CT molecular complexity index is 359. The average Bonchev–Trinajstić information content (AvgIpc) is 2.37. The Morgan fingerprint density at radius 3 is 2.20 bits per heavy atom. The van der Waals surface area contributed by atoms with E-state index in [1.165, 1.54) is 32.1 Å². The van der Waals surface area contributed by atoms with Gasteiger partial charge in [-0.15, -0.1) is 12.4 Å². The third-order valence-electron chi connectivity index (χ3n) is 6.30. The van der Waals surface area contributed by atoms with Gasteiger partial charge < -0.3 is 10.2 Å². The van der Waals surface area contributed by atoms with Crippen LogP contribution in [0.25, 0.3) is 0 Å². The maximum atomic E-state index is 13.0. The zero-order valence-electron chi connectivity index (χ0n) is 12.4. The molecule has 0 unspecified atom stereocenters. The Morgan fingerprint density at radius 2 is 1.65 bits per heavy atom. The second-order valence-corrected chi connectivity index (χ2v) is 7.54. The van der Waals surface area contributed by atoms with Crippen molar-refractivity contribution in [1.82, 2.24) is 10.2 Å². The first kappa shape index (κ1) is 14.6. The molecule has 0 spiro atoms. The summed E-state index contributed by atoms with van der Waals surface area (Å²) in [4.78, 5) is 15.2. The van der Waals surface area contributed by atoms with Gasteiger partial charge in [0.2, 0.25) is 5.91 Å². The molecule has 0 radical (unpaired) electrons. The number of carbonyl (C=O) groups excluding carboxylic acids is 1. The number of nitrogens with zero attached hydrogens (tertiary/aromatic N) is 1. The maximum absolute atomic E-state index is 13.0. The monoisotopic (exact) mass is 298 g/mol. The Balaban J connectivity index is 0.00000121. The highest BCUT2D eigenvalue weighted by Gasteiger charge is 2.51. The van der Waals surface area contributed by atoms with Gasteiger partial charge in [-0.3, -0.25) is 4.79 Å². The summed E-state index contributed by atoms with van der Waals surface area (Å²) in [7, 11) is 0. The molecule has 0 aromatic rings. The van der Waals surface area contributed by atoms with Crippen LogP contribution in [0.4, 0.5) is 0 Å². The Kier molecular flexibility index (Phi) is 4.02. The van der Waals surface area contributed by atoms with Crippen molar-refractivity contribution in [3.05, 3.63) is 0 Å². The zero-order valence-corrected chi connectivity index (χ0v) is 13.2. The van der Waals surface area contributed by atoms with Crippen LogP contribution in [0, 0.1) is 29.6 Å². The number of halogens is 1. The van der Waals surface area contributed by atoms with Crippen LogP contribution < -0.4 is 5.32 Å². The second-order valence-electron chi connectivity index (χ2n) is 7.54. The van der Waals surface area contributed by atoms with Crippen molar-refractivity contribution >= 4 is 18.3 Å². The molecule has 1 atom stereocenters. The third kappa shape index (κ3) is 2.27. The number of amides is 1. The Labute approximate surface area is 128 Å². The Hall–Kier alpha value is -0.280. The van der Waals surface area contributed by atoms with Crippen LogP contribution in [-0.2, 0) is 4.79 Å². The molecule has 114 valence electrons. The van der Waals surface area contributed by atoms with Gasteiger partial charge in [0.25, 0.3) is 0 Å². The predicted octanol–water partition coefficient (Wildman–Crippen LogP) is 2.30. The predicted molar refractivity (Wildman–Crippen MR) is 81.8 cm³/mol. The number of piperazine rings is 1. The van der Waals surface area contributed by atoms with E-state index < -0.39 is 0 Å². The first-order chi connectivity index (χ1) is 9.22. The number of hydrogen-bond acceptors (Lipinski definition) is 2. The highest BCUT2D eigenvalue weighted by atomic mass is 35.5. The van der Waals surface area contributed by atoms with Gasteiger partial charge in [-0.1, -0.05) is 0 Å². The van der Waals surface area contributed by atoms with Crippen LogP contribution >= 0.6 is 12.4 Å². The fourth-order valence-corrected chi connectivity index (χ4v) is 5.69. The molecule has 1 heterocycles. The van der Waals surface area contributed by atoms with Gasteiger partial charge in [0.05, 0.1) is 0 Å². The molecule has 4 bridgehead atoms. The SMILES string of the molecule is C[C@H]1CNCCN1C(=O)C1C2CC3CC(C2)CC1C3.Cl. The minimum absolute atomic E-state index is 0. The molecule has 5 rings (SSSR count). The number of nitrogens with one attached hydrogen (secondary N) is 1. The lowest BCUT2D eigenvalue weighted by atomic mass is 9.51. The first-order valence-electron chi connectivity index (χ1n) is 8.23. The van der Waals surface area contributed by atoms with Crippen LogP contribution in [0.2, 0.25) is 0 Å². The molecular weight excluding hydrogens is 272 g/mol. The van der Waals surface area contributed by atoms with Gasteiger partial charge >= 0.3 is 0 Å². The molecule has 4 heteroatoms. The largest absolute Gasteiger partial charge is 0.337 e. The zero-order chi connectivity index (χ0) is 13.0. The standard InChI is InChI=1S/C16H26N2O.ClH/c1-10-9-17-2-3-18(10)16(19)15-13-5-11-4-12(7-13)8-14(15)6-11;/h10-15,17H,2-9H2,1H3;1H/t10-,11?,12?,13?,14?,15?;/m0./s1. The van der Waals surface area contributed by atoms with Crippen molar-refractivity contribution in [2.24, 2.45) is 29.6 Å². The van der Waals surface area contributed by atoms with Crippen LogP contribution in [0.3, 0.4) is 0 Å². The summed E-state index contributed by atoms with van der Waals surface area (Å²) in [5, 5.41) is 3.39.